The van der Waals surface area contributed by atoms with Crippen LogP contribution in [0.15, 0.2) is 71.7 Å². The second-order valence-corrected chi connectivity index (χ2v) is 9.90. The fourth-order valence-corrected chi connectivity index (χ4v) is 4.65. The number of carbonyl (C=O) groups excluding carboxylic acids is 1. The van der Waals surface area contributed by atoms with Crippen molar-refractivity contribution in [2.24, 2.45) is 10.7 Å². The molecule has 6 nitrogen and oxygen atoms in total. The molecule has 1 aliphatic heterocycles. The zero-order valence-electron chi connectivity index (χ0n) is 19.7. The van der Waals surface area contributed by atoms with Gasteiger partial charge in [0.15, 0.2) is 5.88 Å². The molecular weight excluding hydrogens is 460 g/mol. The molecule has 0 aliphatic carbocycles. The van der Waals surface area contributed by atoms with Gasteiger partial charge in [0.25, 0.3) is 0 Å². The number of halogens is 1. The average molecular weight is 487 g/mol. The van der Waals surface area contributed by atoms with Gasteiger partial charge in [0.05, 0.1) is 22.5 Å². The van der Waals surface area contributed by atoms with Crippen LogP contribution >= 0.6 is 11.6 Å². The summed E-state index contributed by atoms with van der Waals surface area (Å²) in [4.78, 5) is 22.0. The fraction of sp³-hybridized carbons (Fsp3) is 0.214. The Morgan fingerprint density at radius 2 is 1.80 bits per heavy atom. The number of aromatic nitrogens is 1. The minimum Gasteiger partial charge on any atom is -0.494 e. The summed E-state index contributed by atoms with van der Waals surface area (Å²) in [5.41, 5.74) is 11.1. The summed E-state index contributed by atoms with van der Waals surface area (Å²) in [5, 5.41) is 12.3. The van der Waals surface area contributed by atoms with E-state index < -0.39 is 5.54 Å². The molecule has 7 heteroatoms. The zero-order valence-corrected chi connectivity index (χ0v) is 20.4. The van der Waals surface area contributed by atoms with E-state index in [2.05, 4.69) is 4.98 Å². The maximum absolute atomic E-state index is 12.2. The van der Waals surface area contributed by atoms with Gasteiger partial charge in [-0.25, -0.2) is 4.99 Å². The number of carbonyl (C=O) groups is 1. The highest BCUT2D eigenvalue weighted by Gasteiger charge is 2.23. The lowest BCUT2D eigenvalue weighted by atomic mass is 9.95. The second kappa shape index (κ2) is 8.87. The molecule has 1 saturated heterocycles. The van der Waals surface area contributed by atoms with E-state index in [1.54, 1.807) is 17.0 Å². The van der Waals surface area contributed by atoms with Gasteiger partial charge in [-0.2, -0.15) is 0 Å². The van der Waals surface area contributed by atoms with Crippen LogP contribution in [0.3, 0.4) is 0 Å². The number of nitrogens with two attached hydrogens (primary N) is 1. The number of rotatable bonds is 5. The Hall–Kier alpha value is -3.61. The lowest BCUT2D eigenvalue weighted by Gasteiger charge is -2.19. The lowest BCUT2D eigenvalue weighted by Crippen LogP contribution is -2.28. The summed E-state index contributed by atoms with van der Waals surface area (Å²) in [6.45, 7) is 4.64. The summed E-state index contributed by atoms with van der Waals surface area (Å²) in [7, 11) is 0. The summed E-state index contributed by atoms with van der Waals surface area (Å²) in [5.74, 6) is 0.153. The normalized spacial score (nSPS) is 14.8. The van der Waals surface area contributed by atoms with Gasteiger partial charge in [-0.3, -0.25) is 4.79 Å². The molecule has 0 radical (unpaired) electrons. The maximum atomic E-state index is 12.2. The van der Waals surface area contributed by atoms with Gasteiger partial charge in [0.1, 0.15) is 0 Å². The van der Waals surface area contributed by atoms with Crippen LogP contribution in [0, 0.1) is 0 Å². The van der Waals surface area contributed by atoms with Crippen molar-refractivity contribution in [3.63, 3.8) is 0 Å². The SMILES string of the molecule is CC(C)(N)c1ccc(N=C(c2ccc(N3CCCC3=O)cc2)c2c(O)[nH]c3cc(Cl)ccc23)cc1. The van der Waals surface area contributed by atoms with Crippen molar-refractivity contribution in [3.05, 3.63) is 88.4 Å². The van der Waals surface area contributed by atoms with Gasteiger partial charge in [0, 0.05) is 40.2 Å². The largest absolute Gasteiger partial charge is 0.494 e. The van der Waals surface area contributed by atoms with Crippen LogP contribution in [-0.2, 0) is 10.3 Å². The highest BCUT2D eigenvalue weighted by atomic mass is 35.5. The van der Waals surface area contributed by atoms with Crippen molar-refractivity contribution in [3.8, 4) is 5.88 Å². The number of hydrogen-bond donors (Lipinski definition) is 3. The smallest absolute Gasteiger partial charge is 0.227 e. The molecule has 1 aromatic heterocycles. The number of aromatic hydroxyl groups is 1. The number of hydrogen-bond acceptors (Lipinski definition) is 4. The van der Waals surface area contributed by atoms with Crippen molar-refractivity contribution in [2.75, 3.05) is 11.4 Å². The molecule has 1 aliphatic rings. The van der Waals surface area contributed by atoms with Crippen LogP contribution < -0.4 is 10.6 Å². The number of anilines is 1. The summed E-state index contributed by atoms with van der Waals surface area (Å²) >= 11 is 6.18. The first-order valence-electron chi connectivity index (χ1n) is 11.6. The molecule has 0 atom stereocenters. The molecule has 1 amide bonds. The fourth-order valence-electron chi connectivity index (χ4n) is 4.48. The predicted octanol–water partition coefficient (Wildman–Crippen LogP) is 6.02. The van der Waals surface area contributed by atoms with Crippen molar-refractivity contribution in [2.45, 2.75) is 32.2 Å². The quantitative estimate of drug-likeness (QED) is 0.301. The van der Waals surface area contributed by atoms with E-state index in [9.17, 15) is 9.90 Å². The first-order valence-corrected chi connectivity index (χ1v) is 12.0. The van der Waals surface area contributed by atoms with E-state index in [-0.39, 0.29) is 11.8 Å². The number of amides is 1. The summed E-state index contributed by atoms with van der Waals surface area (Å²) < 4.78 is 0. The number of aromatic amines is 1. The minimum atomic E-state index is -0.456. The zero-order chi connectivity index (χ0) is 24.7. The molecule has 3 aromatic carbocycles. The molecule has 1 fully saturated rings. The molecule has 178 valence electrons. The second-order valence-electron chi connectivity index (χ2n) is 9.46. The molecular formula is C28H27ClN4O2. The van der Waals surface area contributed by atoms with Crippen LogP contribution in [0.25, 0.3) is 10.9 Å². The van der Waals surface area contributed by atoms with Crippen LogP contribution in [0.5, 0.6) is 5.88 Å². The lowest BCUT2D eigenvalue weighted by molar-refractivity contribution is -0.117. The van der Waals surface area contributed by atoms with E-state index in [4.69, 9.17) is 22.3 Å². The van der Waals surface area contributed by atoms with Crippen molar-refractivity contribution >= 4 is 45.5 Å². The molecule has 0 saturated carbocycles. The van der Waals surface area contributed by atoms with Gasteiger partial charge >= 0.3 is 0 Å². The Balaban J connectivity index is 1.63. The number of aliphatic imine (C=N–C) groups is 1. The van der Waals surface area contributed by atoms with Crippen molar-refractivity contribution in [1.29, 1.82) is 0 Å². The van der Waals surface area contributed by atoms with Crippen LogP contribution in [0.1, 0.15) is 43.4 Å². The van der Waals surface area contributed by atoms with E-state index in [0.717, 1.165) is 46.4 Å². The average Bonchev–Trinajstić information content (AvgIpc) is 3.39. The molecule has 0 spiro atoms. The highest BCUT2D eigenvalue weighted by Crippen LogP contribution is 2.34. The number of fused-ring (bicyclic) bond motifs is 1. The van der Waals surface area contributed by atoms with Crippen molar-refractivity contribution < 1.29 is 9.90 Å². The van der Waals surface area contributed by atoms with Gasteiger partial charge in [-0.1, -0.05) is 41.9 Å². The molecule has 4 aromatic rings. The third-order valence-electron chi connectivity index (χ3n) is 6.36. The molecule has 4 N–H and O–H groups in total. The first kappa shape index (κ1) is 23.1. The Morgan fingerprint density at radius 1 is 1.09 bits per heavy atom. The number of nitrogens with one attached hydrogen (secondary N) is 1. The Kier molecular flexibility index (Phi) is 5.87. The van der Waals surface area contributed by atoms with Crippen LogP contribution in [0.2, 0.25) is 5.02 Å². The van der Waals surface area contributed by atoms with Gasteiger partial charge < -0.3 is 20.7 Å². The van der Waals surface area contributed by atoms with E-state index in [1.165, 1.54) is 0 Å². The van der Waals surface area contributed by atoms with E-state index in [1.807, 2.05) is 68.4 Å². The Bertz CT molecular complexity index is 1430. The third kappa shape index (κ3) is 4.55. The van der Waals surface area contributed by atoms with E-state index in [0.29, 0.717) is 22.7 Å². The minimum absolute atomic E-state index is 0.0134. The molecule has 2 heterocycles. The van der Waals surface area contributed by atoms with Crippen molar-refractivity contribution in [1.82, 2.24) is 4.98 Å². The molecule has 5 rings (SSSR count). The monoisotopic (exact) mass is 486 g/mol. The molecule has 35 heavy (non-hydrogen) atoms. The topological polar surface area (TPSA) is 94.7 Å². The maximum Gasteiger partial charge on any atom is 0.227 e. The van der Waals surface area contributed by atoms with Crippen LogP contribution in [0.4, 0.5) is 11.4 Å². The van der Waals surface area contributed by atoms with E-state index >= 15 is 0 Å². The third-order valence-corrected chi connectivity index (χ3v) is 6.59. The standard InChI is InChI=1S/C28H27ClN4O2/c1-28(2,30)18-7-10-20(11-8-18)31-26(25-22-14-9-19(29)16-23(22)32-27(25)35)17-5-12-21(13-6-17)33-15-3-4-24(33)34/h5-14,16,32,35H,3-4,15,30H2,1-2H3. The molecule has 0 bridgehead atoms. The van der Waals surface area contributed by atoms with Gasteiger partial charge in [-0.05, 0) is 62.2 Å². The number of benzene rings is 3. The predicted molar refractivity (Wildman–Crippen MR) is 142 cm³/mol. The number of H-pyrrole nitrogens is 1. The van der Waals surface area contributed by atoms with Gasteiger partial charge in [0.2, 0.25) is 5.91 Å². The van der Waals surface area contributed by atoms with Gasteiger partial charge in [-0.15, -0.1) is 0 Å². The van der Waals surface area contributed by atoms with Crippen LogP contribution in [-0.4, -0.2) is 28.3 Å². The number of nitrogens with zero attached hydrogens (tertiary/aromatic N) is 2. The summed E-state index contributed by atoms with van der Waals surface area (Å²) in [6, 6.07) is 20.9. The first-order chi connectivity index (χ1) is 16.7. The summed E-state index contributed by atoms with van der Waals surface area (Å²) in [6.07, 6.45) is 1.45. The Morgan fingerprint density at radius 3 is 2.43 bits per heavy atom. The molecule has 0 unspecified atom stereocenters. The highest BCUT2D eigenvalue weighted by molar-refractivity contribution is 6.31. The Labute approximate surface area is 209 Å².